The molecule has 2 aromatic rings. The molecule has 1 amide bonds. The average molecular weight is 410 g/mol. The van der Waals surface area contributed by atoms with Gasteiger partial charge in [-0.15, -0.1) is 0 Å². The molecule has 0 saturated carbocycles. The third-order valence-corrected chi connectivity index (χ3v) is 4.26. The van der Waals surface area contributed by atoms with Crippen LogP contribution in [0.25, 0.3) is 0 Å². The van der Waals surface area contributed by atoms with Gasteiger partial charge in [-0.1, -0.05) is 32.0 Å². The van der Waals surface area contributed by atoms with Crippen molar-refractivity contribution in [2.24, 2.45) is 22.4 Å². The number of nitrogens with zero attached hydrogens (tertiary/aromatic N) is 2. The Balaban J connectivity index is 2.10. The van der Waals surface area contributed by atoms with E-state index in [-0.39, 0.29) is 11.8 Å². The number of carbonyl (C=O) groups excluding carboxylic acids is 1. The fourth-order valence-electron chi connectivity index (χ4n) is 2.67. The van der Waals surface area contributed by atoms with Gasteiger partial charge in [-0.2, -0.15) is 10.3 Å². The predicted molar refractivity (Wildman–Crippen MR) is 115 cm³/mol. The van der Waals surface area contributed by atoms with Gasteiger partial charge in [0.25, 0.3) is 5.91 Å². The molecule has 158 valence electrons. The zero-order valence-electron chi connectivity index (χ0n) is 17.1. The molecular weight excluding hydrogens is 383 g/mol. The van der Waals surface area contributed by atoms with Crippen LogP contribution in [0.5, 0.6) is 0 Å². The van der Waals surface area contributed by atoms with Crippen LogP contribution in [0.1, 0.15) is 47.8 Å². The van der Waals surface area contributed by atoms with Crippen LogP contribution in [0.3, 0.4) is 0 Å². The minimum absolute atomic E-state index is 0.231. The highest BCUT2D eigenvalue weighted by Gasteiger charge is 2.15. The second-order valence-electron chi connectivity index (χ2n) is 7.38. The summed E-state index contributed by atoms with van der Waals surface area (Å²) in [5.74, 6) is -0.290. The van der Waals surface area contributed by atoms with Gasteiger partial charge in [0.1, 0.15) is 5.82 Å². The van der Waals surface area contributed by atoms with Crippen molar-refractivity contribution >= 4 is 11.9 Å². The highest BCUT2D eigenvalue weighted by Crippen LogP contribution is 2.15. The van der Waals surface area contributed by atoms with Crippen LogP contribution >= 0.6 is 0 Å². The Labute approximate surface area is 176 Å². The molecule has 0 aliphatic heterocycles. The van der Waals surface area contributed by atoms with Gasteiger partial charge in [0.05, 0.1) is 17.8 Å². The summed E-state index contributed by atoms with van der Waals surface area (Å²) in [5.41, 5.74) is 13.8. The van der Waals surface area contributed by atoms with E-state index in [0.717, 1.165) is 5.56 Å². The summed E-state index contributed by atoms with van der Waals surface area (Å²) in [6.45, 7) is 4.62. The van der Waals surface area contributed by atoms with Crippen LogP contribution in [-0.2, 0) is 0 Å². The van der Waals surface area contributed by atoms with Gasteiger partial charge in [0.15, 0.2) is 0 Å². The number of benzene rings is 2. The summed E-state index contributed by atoms with van der Waals surface area (Å²) in [6, 6.07) is 13.8. The van der Waals surface area contributed by atoms with Gasteiger partial charge >= 0.3 is 0 Å². The molecule has 6 N–H and O–H groups in total. The Bertz CT molecular complexity index is 920. The largest absolute Gasteiger partial charge is 0.356 e. The molecule has 7 nitrogen and oxygen atoms in total. The molecule has 2 rings (SSSR count). The van der Waals surface area contributed by atoms with Gasteiger partial charge in [-0.3, -0.25) is 4.79 Å². The Morgan fingerprint density at radius 1 is 1.20 bits per heavy atom. The lowest BCUT2D eigenvalue weighted by atomic mass is 10.0. The molecule has 0 bridgehead atoms. The topological polar surface area (TPSA) is 129 Å². The van der Waals surface area contributed by atoms with Gasteiger partial charge < -0.3 is 22.1 Å². The number of nitrogens with two attached hydrogens (primary N) is 2. The fraction of sp³-hybridized carbons (Fsp3) is 0.318. The molecular formula is C22H27FN6O. The number of guanidine groups is 1. The zero-order valence-corrected chi connectivity index (χ0v) is 17.1. The van der Waals surface area contributed by atoms with Gasteiger partial charge in [0.2, 0.25) is 5.96 Å². The fourth-order valence-corrected chi connectivity index (χ4v) is 2.67. The lowest BCUT2D eigenvalue weighted by molar-refractivity contribution is 0.100. The van der Waals surface area contributed by atoms with Gasteiger partial charge in [-0.05, 0) is 48.2 Å². The van der Waals surface area contributed by atoms with Crippen molar-refractivity contribution in [3.63, 3.8) is 0 Å². The SMILES string of the molecule is CC(C)CN/C(=N/C(=O)c1cccc(C#N)c1)NC(N)CC(N)c1ccc(F)cc1. The number of carbonyl (C=O) groups is 1. The molecule has 0 spiro atoms. The predicted octanol–water partition coefficient (Wildman–Crippen LogP) is 2.40. The second-order valence-corrected chi connectivity index (χ2v) is 7.38. The van der Waals surface area contributed by atoms with Crippen molar-refractivity contribution in [3.05, 3.63) is 71.0 Å². The number of aliphatic imine (C=N–C) groups is 1. The highest BCUT2D eigenvalue weighted by molar-refractivity contribution is 6.02. The van der Waals surface area contributed by atoms with E-state index in [1.165, 1.54) is 18.2 Å². The van der Waals surface area contributed by atoms with Crippen LogP contribution in [0.2, 0.25) is 0 Å². The van der Waals surface area contributed by atoms with Crippen molar-refractivity contribution in [3.8, 4) is 6.07 Å². The number of halogens is 1. The second kappa shape index (κ2) is 11.0. The standard InChI is InChI=1S/C22H27FN6O/c1-14(2)13-27-22(29-21(30)17-5-3-4-15(10-17)12-24)28-20(26)11-19(25)16-6-8-18(23)9-7-16/h3-10,14,19-20H,11,13,25-26H2,1-2H3,(H2,27,28,29,30). The molecule has 0 fully saturated rings. The molecule has 0 saturated heterocycles. The van der Waals surface area contributed by atoms with Crippen LogP contribution in [0.4, 0.5) is 4.39 Å². The first-order valence-electron chi connectivity index (χ1n) is 9.68. The number of hydrogen-bond acceptors (Lipinski definition) is 4. The minimum Gasteiger partial charge on any atom is -0.356 e. The quantitative estimate of drug-likeness (QED) is 0.315. The Hall–Kier alpha value is -3.28. The minimum atomic E-state index is -0.596. The molecule has 8 heteroatoms. The lowest BCUT2D eigenvalue weighted by Crippen LogP contribution is -2.49. The maximum Gasteiger partial charge on any atom is 0.280 e. The van der Waals surface area contributed by atoms with Gasteiger partial charge in [0, 0.05) is 18.2 Å². The van der Waals surface area contributed by atoms with Crippen molar-refractivity contribution in [1.82, 2.24) is 10.6 Å². The van der Waals surface area contributed by atoms with E-state index in [0.29, 0.717) is 30.0 Å². The van der Waals surface area contributed by atoms with Crippen molar-refractivity contribution in [1.29, 1.82) is 5.26 Å². The molecule has 0 aliphatic rings. The summed E-state index contributed by atoms with van der Waals surface area (Å²) in [7, 11) is 0. The summed E-state index contributed by atoms with van der Waals surface area (Å²) < 4.78 is 13.1. The van der Waals surface area contributed by atoms with Crippen LogP contribution in [0, 0.1) is 23.1 Å². The molecule has 0 aliphatic carbocycles. The van der Waals surface area contributed by atoms with E-state index >= 15 is 0 Å². The van der Waals surface area contributed by atoms with Crippen LogP contribution in [0.15, 0.2) is 53.5 Å². The monoisotopic (exact) mass is 410 g/mol. The Kier molecular flexibility index (Phi) is 8.47. The maximum atomic E-state index is 13.1. The zero-order chi connectivity index (χ0) is 22.1. The van der Waals surface area contributed by atoms with E-state index < -0.39 is 18.1 Å². The Morgan fingerprint density at radius 2 is 1.90 bits per heavy atom. The van der Waals surface area contributed by atoms with Gasteiger partial charge in [-0.25, -0.2) is 4.39 Å². The Morgan fingerprint density at radius 3 is 2.53 bits per heavy atom. The smallest absolute Gasteiger partial charge is 0.280 e. The third-order valence-electron chi connectivity index (χ3n) is 4.26. The van der Waals surface area contributed by atoms with Crippen molar-refractivity contribution in [2.45, 2.75) is 32.5 Å². The van der Waals surface area contributed by atoms with Crippen LogP contribution in [-0.4, -0.2) is 24.6 Å². The first kappa shape index (κ1) is 23.0. The number of nitriles is 1. The van der Waals surface area contributed by atoms with E-state index in [9.17, 15) is 9.18 Å². The van der Waals surface area contributed by atoms with Crippen molar-refractivity contribution < 1.29 is 9.18 Å². The first-order chi connectivity index (χ1) is 14.3. The molecule has 2 aromatic carbocycles. The summed E-state index contributed by atoms with van der Waals surface area (Å²) >= 11 is 0. The molecule has 2 unspecified atom stereocenters. The summed E-state index contributed by atoms with van der Waals surface area (Å²) in [5, 5.41) is 15.1. The summed E-state index contributed by atoms with van der Waals surface area (Å²) in [4.78, 5) is 16.6. The number of rotatable bonds is 7. The molecule has 2 atom stereocenters. The third kappa shape index (κ3) is 7.28. The number of nitrogens with one attached hydrogen (secondary N) is 2. The average Bonchev–Trinajstić information content (AvgIpc) is 2.72. The van der Waals surface area contributed by atoms with Crippen molar-refractivity contribution in [2.75, 3.05) is 6.54 Å². The van der Waals surface area contributed by atoms with E-state index in [2.05, 4.69) is 15.6 Å². The highest BCUT2D eigenvalue weighted by atomic mass is 19.1. The van der Waals surface area contributed by atoms with Crippen LogP contribution < -0.4 is 22.1 Å². The molecule has 0 aromatic heterocycles. The lowest BCUT2D eigenvalue weighted by Gasteiger charge is -2.22. The molecule has 30 heavy (non-hydrogen) atoms. The first-order valence-corrected chi connectivity index (χ1v) is 9.68. The maximum absolute atomic E-state index is 13.1. The van der Waals surface area contributed by atoms with E-state index in [4.69, 9.17) is 16.7 Å². The molecule has 0 heterocycles. The number of hydrogen-bond donors (Lipinski definition) is 4. The normalized spacial score (nSPS) is 13.4. The number of amides is 1. The van der Waals surface area contributed by atoms with E-state index in [1.807, 2.05) is 19.9 Å². The van der Waals surface area contributed by atoms with E-state index in [1.54, 1.807) is 30.3 Å². The summed E-state index contributed by atoms with van der Waals surface area (Å²) in [6.07, 6.45) is -0.256. The molecule has 0 radical (unpaired) electrons.